The first kappa shape index (κ1) is 13.1. The smallest absolute Gasteiger partial charge is 0.119 e. The summed E-state index contributed by atoms with van der Waals surface area (Å²) >= 11 is 3.45. The number of benzene rings is 1. The van der Waals surface area contributed by atoms with E-state index in [1.54, 1.807) is 7.11 Å². The number of nitrogens with zero attached hydrogens (tertiary/aromatic N) is 2. The van der Waals surface area contributed by atoms with Crippen LogP contribution in [-0.4, -0.2) is 16.9 Å². The third kappa shape index (κ3) is 2.58. The van der Waals surface area contributed by atoms with Gasteiger partial charge >= 0.3 is 0 Å². The van der Waals surface area contributed by atoms with Gasteiger partial charge in [0.2, 0.25) is 0 Å². The largest absolute Gasteiger partial charge is 0.497 e. The van der Waals surface area contributed by atoms with Crippen LogP contribution in [0.15, 0.2) is 30.3 Å². The molecule has 0 amide bonds. The fourth-order valence-electron chi connectivity index (χ4n) is 1.85. The topological polar surface area (TPSA) is 27.1 Å². The molecule has 0 aliphatic carbocycles. The van der Waals surface area contributed by atoms with Crippen LogP contribution in [0.25, 0.3) is 5.69 Å². The molecule has 1 aromatic heterocycles. The van der Waals surface area contributed by atoms with E-state index in [-0.39, 0.29) is 0 Å². The number of rotatable bonds is 4. The summed E-state index contributed by atoms with van der Waals surface area (Å²) < 4.78 is 7.17. The maximum absolute atomic E-state index is 5.17. The summed E-state index contributed by atoms with van der Waals surface area (Å²) in [5.74, 6) is 1.30. The van der Waals surface area contributed by atoms with Gasteiger partial charge in [0.05, 0.1) is 18.5 Å². The highest BCUT2D eigenvalue weighted by molar-refractivity contribution is 9.08. The predicted molar refractivity (Wildman–Crippen MR) is 76.8 cm³/mol. The number of alkyl halides is 1. The van der Waals surface area contributed by atoms with Crippen molar-refractivity contribution in [2.75, 3.05) is 7.11 Å². The molecule has 1 aromatic carbocycles. The van der Waals surface area contributed by atoms with E-state index in [1.165, 1.54) is 5.69 Å². The van der Waals surface area contributed by atoms with Crippen LogP contribution in [0, 0.1) is 0 Å². The SMILES string of the molecule is COc1ccc(-n2nc(CBr)cc2C(C)C)cc1. The maximum atomic E-state index is 5.17. The van der Waals surface area contributed by atoms with Crippen molar-refractivity contribution in [3.63, 3.8) is 0 Å². The monoisotopic (exact) mass is 308 g/mol. The Morgan fingerprint density at radius 2 is 1.94 bits per heavy atom. The second-order valence-corrected chi connectivity index (χ2v) is 5.02. The van der Waals surface area contributed by atoms with Crippen LogP contribution < -0.4 is 4.74 Å². The van der Waals surface area contributed by atoms with Crippen molar-refractivity contribution in [3.05, 3.63) is 41.7 Å². The zero-order valence-electron chi connectivity index (χ0n) is 10.9. The summed E-state index contributed by atoms with van der Waals surface area (Å²) in [5.41, 5.74) is 3.33. The highest BCUT2D eigenvalue weighted by Crippen LogP contribution is 2.22. The van der Waals surface area contributed by atoms with Gasteiger partial charge in [-0.05, 0) is 36.2 Å². The molecule has 2 rings (SSSR count). The number of hydrogen-bond acceptors (Lipinski definition) is 2. The van der Waals surface area contributed by atoms with Gasteiger partial charge in [0.1, 0.15) is 5.75 Å². The molecule has 0 radical (unpaired) electrons. The number of halogens is 1. The number of ether oxygens (including phenoxy) is 1. The first-order valence-corrected chi connectivity index (χ1v) is 7.07. The van der Waals surface area contributed by atoms with Gasteiger partial charge in [0, 0.05) is 11.0 Å². The van der Waals surface area contributed by atoms with Gasteiger partial charge in [-0.1, -0.05) is 29.8 Å². The molecule has 0 saturated carbocycles. The fraction of sp³-hybridized carbons (Fsp3) is 0.357. The normalized spacial score (nSPS) is 10.9. The zero-order valence-corrected chi connectivity index (χ0v) is 12.4. The Kier molecular flexibility index (Phi) is 4.07. The van der Waals surface area contributed by atoms with Crippen molar-refractivity contribution in [2.24, 2.45) is 0 Å². The summed E-state index contributed by atoms with van der Waals surface area (Å²) in [4.78, 5) is 0. The Bertz CT molecular complexity index is 517. The van der Waals surface area contributed by atoms with Crippen molar-refractivity contribution < 1.29 is 4.74 Å². The summed E-state index contributed by atoms with van der Waals surface area (Å²) in [6, 6.07) is 10.1. The van der Waals surface area contributed by atoms with Gasteiger partial charge in [-0.25, -0.2) is 4.68 Å². The van der Waals surface area contributed by atoms with Crippen molar-refractivity contribution in [2.45, 2.75) is 25.1 Å². The molecule has 2 aromatic rings. The Labute approximate surface area is 116 Å². The lowest BCUT2D eigenvalue weighted by atomic mass is 10.1. The van der Waals surface area contributed by atoms with Crippen LogP contribution >= 0.6 is 15.9 Å². The lowest BCUT2D eigenvalue weighted by molar-refractivity contribution is 0.414. The summed E-state index contributed by atoms with van der Waals surface area (Å²) in [6.07, 6.45) is 0. The first-order valence-electron chi connectivity index (χ1n) is 5.95. The Morgan fingerprint density at radius 1 is 1.28 bits per heavy atom. The van der Waals surface area contributed by atoms with Crippen LogP contribution in [0.4, 0.5) is 0 Å². The van der Waals surface area contributed by atoms with Crippen molar-refractivity contribution in [3.8, 4) is 11.4 Å². The van der Waals surface area contributed by atoms with Crippen LogP contribution in [0.3, 0.4) is 0 Å². The molecule has 0 spiro atoms. The van der Waals surface area contributed by atoms with Gasteiger partial charge in [0.25, 0.3) is 0 Å². The van der Waals surface area contributed by atoms with Gasteiger partial charge in [-0.15, -0.1) is 0 Å². The minimum Gasteiger partial charge on any atom is -0.497 e. The molecular weight excluding hydrogens is 292 g/mol. The zero-order chi connectivity index (χ0) is 13.1. The standard InChI is InChI=1S/C14H17BrN2O/c1-10(2)14-8-11(9-15)16-17(14)12-4-6-13(18-3)7-5-12/h4-8,10H,9H2,1-3H3. The molecule has 0 saturated heterocycles. The minimum absolute atomic E-state index is 0.437. The van der Waals surface area contributed by atoms with Crippen molar-refractivity contribution >= 4 is 15.9 Å². The van der Waals surface area contributed by atoms with E-state index >= 15 is 0 Å². The molecule has 4 heteroatoms. The fourth-order valence-corrected chi connectivity index (χ4v) is 2.13. The third-order valence-corrected chi connectivity index (χ3v) is 3.41. The lowest BCUT2D eigenvalue weighted by Crippen LogP contribution is -2.03. The van der Waals surface area contributed by atoms with Crippen LogP contribution in [-0.2, 0) is 5.33 Å². The van der Waals surface area contributed by atoms with E-state index < -0.39 is 0 Å². The van der Waals surface area contributed by atoms with Crippen LogP contribution in [0.1, 0.15) is 31.2 Å². The molecular formula is C14H17BrN2O. The van der Waals surface area contributed by atoms with E-state index in [2.05, 4.69) is 40.9 Å². The molecule has 18 heavy (non-hydrogen) atoms. The highest BCUT2D eigenvalue weighted by Gasteiger charge is 2.12. The van der Waals surface area contributed by atoms with Gasteiger partial charge < -0.3 is 4.74 Å². The first-order chi connectivity index (χ1) is 8.65. The van der Waals surface area contributed by atoms with Gasteiger partial charge in [0.15, 0.2) is 0 Å². The average molecular weight is 309 g/mol. The molecule has 0 aliphatic heterocycles. The molecule has 0 fully saturated rings. The molecule has 0 atom stereocenters. The van der Waals surface area contributed by atoms with E-state index in [0.29, 0.717) is 5.92 Å². The van der Waals surface area contributed by atoms with E-state index in [9.17, 15) is 0 Å². The number of methoxy groups -OCH3 is 1. The van der Waals surface area contributed by atoms with Gasteiger partial charge in [-0.2, -0.15) is 5.10 Å². The Hall–Kier alpha value is -1.29. The summed E-state index contributed by atoms with van der Waals surface area (Å²) in [7, 11) is 1.67. The summed E-state index contributed by atoms with van der Waals surface area (Å²) in [5, 5.41) is 5.38. The Morgan fingerprint density at radius 3 is 2.44 bits per heavy atom. The molecule has 96 valence electrons. The van der Waals surface area contributed by atoms with Crippen LogP contribution in [0.2, 0.25) is 0 Å². The predicted octanol–water partition coefficient (Wildman–Crippen LogP) is 3.90. The molecule has 3 nitrogen and oxygen atoms in total. The third-order valence-electron chi connectivity index (χ3n) is 2.83. The molecule has 0 bridgehead atoms. The number of hydrogen-bond donors (Lipinski definition) is 0. The quantitative estimate of drug-likeness (QED) is 0.801. The second-order valence-electron chi connectivity index (χ2n) is 4.46. The molecule has 0 N–H and O–H groups in total. The average Bonchev–Trinajstić information content (AvgIpc) is 2.83. The Balaban J connectivity index is 2.44. The van der Waals surface area contributed by atoms with Crippen LogP contribution in [0.5, 0.6) is 5.75 Å². The molecule has 0 unspecified atom stereocenters. The maximum Gasteiger partial charge on any atom is 0.119 e. The van der Waals surface area contributed by atoms with E-state index in [1.807, 2.05) is 28.9 Å². The van der Waals surface area contributed by atoms with Gasteiger partial charge in [-0.3, -0.25) is 0 Å². The molecule has 0 aliphatic rings. The lowest BCUT2D eigenvalue weighted by Gasteiger charge is -2.10. The number of aromatic nitrogens is 2. The van der Waals surface area contributed by atoms with Crippen molar-refractivity contribution in [1.82, 2.24) is 9.78 Å². The van der Waals surface area contributed by atoms with E-state index in [4.69, 9.17) is 4.74 Å². The minimum atomic E-state index is 0.437. The second kappa shape index (κ2) is 5.57. The van der Waals surface area contributed by atoms with Crippen molar-refractivity contribution in [1.29, 1.82) is 0 Å². The summed E-state index contributed by atoms with van der Waals surface area (Å²) in [6.45, 7) is 4.35. The molecule has 1 heterocycles. The van der Waals surface area contributed by atoms with E-state index in [0.717, 1.165) is 22.5 Å². The highest BCUT2D eigenvalue weighted by atomic mass is 79.9.